The maximum Gasteiger partial charge on any atom is 0.258 e. The monoisotopic (exact) mass is 343 g/mol. The molecule has 0 aliphatic rings. The minimum absolute atomic E-state index is 0.127. The van der Waals surface area contributed by atoms with E-state index in [9.17, 15) is 9.90 Å². The van der Waals surface area contributed by atoms with Crippen molar-refractivity contribution in [2.75, 3.05) is 32.8 Å². The molecule has 0 saturated carbocycles. The second kappa shape index (κ2) is 8.10. The van der Waals surface area contributed by atoms with Crippen LogP contribution in [0, 0.1) is 0 Å². The van der Waals surface area contributed by atoms with Crippen molar-refractivity contribution in [1.29, 1.82) is 0 Å². The molecule has 0 aliphatic heterocycles. The van der Waals surface area contributed by atoms with Gasteiger partial charge in [0, 0.05) is 17.8 Å². The van der Waals surface area contributed by atoms with Crippen molar-refractivity contribution in [3.8, 4) is 23.0 Å². The predicted octanol–water partition coefficient (Wildman–Crippen LogP) is 3.25. The van der Waals surface area contributed by atoms with E-state index in [4.69, 9.17) is 14.2 Å². The Labute approximate surface area is 146 Å². The first-order valence-corrected chi connectivity index (χ1v) is 7.57. The van der Waals surface area contributed by atoms with Crippen LogP contribution < -0.4 is 19.1 Å². The first kappa shape index (κ1) is 18.2. The standard InChI is InChI=1S/C19H21NO5/c1-5-10-20(14-6-8-15(21)9-7-14)19(22)13-11-16(23-2)18(25-4)17(12-13)24-3/h5-9,11-12,21H,1,10H2,2-4H3. The summed E-state index contributed by atoms with van der Waals surface area (Å²) in [7, 11) is 4.49. The van der Waals surface area contributed by atoms with Crippen LogP contribution in [0.15, 0.2) is 49.1 Å². The molecule has 6 nitrogen and oxygen atoms in total. The summed E-state index contributed by atoms with van der Waals surface area (Å²) >= 11 is 0. The van der Waals surface area contributed by atoms with Gasteiger partial charge in [-0.05, 0) is 36.4 Å². The highest BCUT2D eigenvalue weighted by Gasteiger charge is 2.21. The van der Waals surface area contributed by atoms with Gasteiger partial charge in [-0.2, -0.15) is 0 Å². The lowest BCUT2D eigenvalue weighted by Crippen LogP contribution is -2.31. The number of hydrogen-bond acceptors (Lipinski definition) is 5. The van der Waals surface area contributed by atoms with Gasteiger partial charge in [0.2, 0.25) is 5.75 Å². The van der Waals surface area contributed by atoms with Crippen LogP contribution >= 0.6 is 0 Å². The number of amides is 1. The molecule has 0 saturated heterocycles. The summed E-state index contributed by atoms with van der Waals surface area (Å²) in [6, 6.07) is 9.56. The molecule has 2 rings (SSSR count). The third kappa shape index (κ3) is 3.85. The van der Waals surface area contributed by atoms with Gasteiger partial charge in [0.25, 0.3) is 5.91 Å². The molecule has 6 heteroatoms. The number of benzene rings is 2. The Morgan fingerprint density at radius 2 is 1.64 bits per heavy atom. The zero-order chi connectivity index (χ0) is 18.4. The third-order valence-corrected chi connectivity index (χ3v) is 3.63. The number of rotatable bonds is 7. The normalized spacial score (nSPS) is 10.0. The molecular formula is C19H21NO5. The summed E-state index contributed by atoms with van der Waals surface area (Å²) in [5.41, 5.74) is 1.01. The van der Waals surface area contributed by atoms with Gasteiger partial charge in [0.1, 0.15) is 5.75 Å². The number of phenols is 1. The summed E-state index contributed by atoms with van der Waals surface area (Å²) in [6.07, 6.45) is 1.63. The fourth-order valence-electron chi connectivity index (χ4n) is 2.43. The van der Waals surface area contributed by atoms with Crippen molar-refractivity contribution in [1.82, 2.24) is 0 Å². The zero-order valence-electron chi connectivity index (χ0n) is 14.5. The average molecular weight is 343 g/mol. The molecule has 2 aromatic carbocycles. The van der Waals surface area contributed by atoms with Crippen LogP contribution in [-0.4, -0.2) is 38.9 Å². The number of phenolic OH excluding ortho intramolecular Hbond substituents is 1. The Kier molecular flexibility index (Phi) is 5.89. The molecule has 0 heterocycles. The topological polar surface area (TPSA) is 68.2 Å². The van der Waals surface area contributed by atoms with Gasteiger partial charge in [0.05, 0.1) is 21.3 Å². The van der Waals surface area contributed by atoms with E-state index >= 15 is 0 Å². The van der Waals surface area contributed by atoms with Gasteiger partial charge in [-0.15, -0.1) is 6.58 Å². The number of ether oxygens (including phenoxy) is 3. The summed E-state index contributed by atoms with van der Waals surface area (Å²) < 4.78 is 15.9. The molecular weight excluding hydrogens is 322 g/mol. The SMILES string of the molecule is C=CCN(C(=O)c1cc(OC)c(OC)c(OC)c1)c1ccc(O)cc1. The van der Waals surface area contributed by atoms with Crippen LogP contribution in [-0.2, 0) is 0 Å². The first-order chi connectivity index (χ1) is 12.0. The van der Waals surface area contributed by atoms with E-state index in [1.165, 1.54) is 38.4 Å². The number of carbonyl (C=O) groups is 1. The number of anilines is 1. The largest absolute Gasteiger partial charge is 0.508 e. The Balaban J connectivity index is 2.48. The van der Waals surface area contributed by atoms with Crippen molar-refractivity contribution >= 4 is 11.6 Å². The van der Waals surface area contributed by atoms with Crippen LogP contribution in [0.1, 0.15) is 10.4 Å². The van der Waals surface area contributed by atoms with Gasteiger partial charge in [-0.1, -0.05) is 6.08 Å². The lowest BCUT2D eigenvalue weighted by atomic mass is 10.1. The van der Waals surface area contributed by atoms with Crippen LogP contribution in [0.4, 0.5) is 5.69 Å². The maximum absolute atomic E-state index is 13.0. The molecule has 0 radical (unpaired) electrons. The van der Waals surface area contributed by atoms with Gasteiger partial charge < -0.3 is 24.2 Å². The van der Waals surface area contributed by atoms with Crippen molar-refractivity contribution in [3.05, 3.63) is 54.6 Å². The van der Waals surface area contributed by atoms with E-state index in [0.29, 0.717) is 35.0 Å². The fraction of sp³-hybridized carbons (Fsp3) is 0.211. The fourth-order valence-corrected chi connectivity index (χ4v) is 2.43. The average Bonchev–Trinajstić information content (AvgIpc) is 2.65. The summed E-state index contributed by atoms with van der Waals surface area (Å²) in [5, 5.41) is 9.45. The number of methoxy groups -OCH3 is 3. The zero-order valence-corrected chi connectivity index (χ0v) is 14.5. The van der Waals surface area contributed by atoms with E-state index in [2.05, 4.69) is 6.58 Å². The quantitative estimate of drug-likeness (QED) is 0.782. The van der Waals surface area contributed by atoms with Crippen molar-refractivity contribution in [2.24, 2.45) is 0 Å². The molecule has 1 N–H and O–H groups in total. The molecule has 25 heavy (non-hydrogen) atoms. The molecule has 0 atom stereocenters. The highest BCUT2D eigenvalue weighted by Crippen LogP contribution is 2.38. The number of carbonyl (C=O) groups excluding carboxylic acids is 1. The lowest BCUT2D eigenvalue weighted by Gasteiger charge is -2.22. The van der Waals surface area contributed by atoms with Crippen LogP contribution in [0.5, 0.6) is 23.0 Å². The van der Waals surface area contributed by atoms with Crippen LogP contribution in [0.2, 0.25) is 0 Å². The Morgan fingerprint density at radius 3 is 2.08 bits per heavy atom. The van der Waals surface area contributed by atoms with E-state index in [1.54, 1.807) is 30.3 Å². The second-order valence-electron chi connectivity index (χ2n) is 5.13. The Hall–Kier alpha value is -3.15. The van der Waals surface area contributed by atoms with E-state index < -0.39 is 0 Å². The third-order valence-electron chi connectivity index (χ3n) is 3.63. The second-order valence-corrected chi connectivity index (χ2v) is 5.13. The number of aromatic hydroxyl groups is 1. The molecule has 0 fully saturated rings. The summed E-state index contributed by atoms with van der Waals surface area (Å²) in [5.74, 6) is 1.08. The van der Waals surface area contributed by atoms with Crippen LogP contribution in [0.3, 0.4) is 0 Å². The molecule has 0 aliphatic carbocycles. The van der Waals surface area contributed by atoms with Crippen molar-refractivity contribution in [3.63, 3.8) is 0 Å². The van der Waals surface area contributed by atoms with E-state index in [-0.39, 0.29) is 11.7 Å². The first-order valence-electron chi connectivity index (χ1n) is 7.57. The minimum atomic E-state index is -0.259. The van der Waals surface area contributed by atoms with Gasteiger partial charge in [0.15, 0.2) is 11.5 Å². The summed E-state index contributed by atoms with van der Waals surface area (Å²) in [6.45, 7) is 4.01. The lowest BCUT2D eigenvalue weighted by molar-refractivity contribution is 0.0989. The summed E-state index contributed by atoms with van der Waals surface area (Å²) in [4.78, 5) is 14.6. The Morgan fingerprint density at radius 1 is 1.08 bits per heavy atom. The predicted molar refractivity (Wildman–Crippen MR) is 96.1 cm³/mol. The van der Waals surface area contributed by atoms with Crippen molar-refractivity contribution < 1.29 is 24.1 Å². The van der Waals surface area contributed by atoms with Gasteiger partial charge in [-0.25, -0.2) is 0 Å². The smallest absolute Gasteiger partial charge is 0.258 e. The number of nitrogens with zero attached hydrogens (tertiary/aromatic N) is 1. The van der Waals surface area contributed by atoms with E-state index in [0.717, 1.165) is 0 Å². The molecule has 0 bridgehead atoms. The van der Waals surface area contributed by atoms with E-state index in [1.807, 2.05) is 0 Å². The highest BCUT2D eigenvalue weighted by molar-refractivity contribution is 6.07. The molecule has 1 amide bonds. The Bertz CT molecular complexity index is 730. The maximum atomic E-state index is 13.0. The highest BCUT2D eigenvalue weighted by atomic mass is 16.5. The molecule has 0 aromatic heterocycles. The van der Waals surface area contributed by atoms with Gasteiger partial charge >= 0.3 is 0 Å². The number of hydrogen-bond donors (Lipinski definition) is 1. The molecule has 0 unspecified atom stereocenters. The molecule has 2 aromatic rings. The van der Waals surface area contributed by atoms with Crippen LogP contribution in [0.25, 0.3) is 0 Å². The molecule has 0 spiro atoms. The molecule has 132 valence electrons. The van der Waals surface area contributed by atoms with Crippen molar-refractivity contribution in [2.45, 2.75) is 0 Å². The minimum Gasteiger partial charge on any atom is -0.508 e. The van der Waals surface area contributed by atoms with Gasteiger partial charge in [-0.3, -0.25) is 4.79 Å².